The molecule has 1 saturated heterocycles. The SMILES string of the molecule is CCCCN(C(=O)CSc1nc(C)cc(C)c1C#N)[C@H]1CCS(=O)(=O)C1. The highest BCUT2D eigenvalue weighted by Gasteiger charge is 2.34. The Morgan fingerprint density at radius 3 is 2.77 bits per heavy atom. The molecule has 0 unspecified atom stereocenters. The summed E-state index contributed by atoms with van der Waals surface area (Å²) in [6.45, 7) is 6.33. The van der Waals surface area contributed by atoms with E-state index < -0.39 is 9.84 Å². The number of amides is 1. The van der Waals surface area contributed by atoms with Gasteiger partial charge in [0, 0.05) is 18.3 Å². The van der Waals surface area contributed by atoms with Gasteiger partial charge in [0.05, 0.1) is 22.8 Å². The Hall–Kier alpha value is -1.59. The summed E-state index contributed by atoms with van der Waals surface area (Å²) in [5, 5.41) is 9.91. The molecule has 1 atom stereocenters. The van der Waals surface area contributed by atoms with Crippen molar-refractivity contribution in [3.05, 3.63) is 22.9 Å². The first-order valence-corrected chi connectivity index (χ1v) is 11.6. The molecule has 1 fully saturated rings. The van der Waals surface area contributed by atoms with Crippen LogP contribution in [0.15, 0.2) is 11.1 Å². The number of hydrogen-bond acceptors (Lipinski definition) is 6. The fourth-order valence-corrected chi connectivity index (χ4v) is 5.83. The van der Waals surface area contributed by atoms with Crippen molar-refractivity contribution in [3.63, 3.8) is 0 Å². The van der Waals surface area contributed by atoms with Crippen LogP contribution in [-0.4, -0.2) is 54.1 Å². The van der Waals surface area contributed by atoms with Gasteiger partial charge in [-0.15, -0.1) is 0 Å². The van der Waals surface area contributed by atoms with Gasteiger partial charge >= 0.3 is 0 Å². The second kappa shape index (κ2) is 8.87. The van der Waals surface area contributed by atoms with Gasteiger partial charge < -0.3 is 4.90 Å². The van der Waals surface area contributed by atoms with E-state index in [1.165, 1.54) is 11.8 Å². The molecule has 26 heavy (non-hydrogen) atoms. The van der Waals surface area contributed by atoms with E-state index in [2.05, 4.69) is 11.1 Å². The van der Waals surface area contributed by atoms with Crippen LogP contribution in [0, 0.1) is 25.2 Å². The number of aromatic nitrogens is 1. The molecule has 8 heteroatoms. The first-order valence-electron chi connectivity index (χ1n) is 8.78. The van der Waals surface area contributed by atoms with Crippen molar-refractivity contribution < 1.29 is 13.2 Å². The molecule has 0 aromatic carbocycles. The van der Waals surface area contributed by atoms with Gasteiger partial charge in [-0.05, 0) is 38.3 Å². The highest BCUT2D eigenvalue weighted by Crippen LogP contribution is 2.25. The summed E-state index contributed by atoms with van der Waals surface area (Å²) >= 11 is 1.25. The number of pyridine rings is 1. The first kappa shape index (κ1) is 20.7. The summed E-state index contributed by atoms with van der Waals surface area (Å²) in [5.74, 6) is 0.275. The lowest BCUT2D eigenvalue weighted by Crippen LogP contribution is -2.42. The number of unbranched alkanes of at least 4 members (excludes halogenated alkanes) is 1. The van der Waals surface area contributed by atoms with Crippen LogP contribution in [0.2, 0.25) is 0 Å². The van der Waals surface area contributed by atoms with Crippen LogP contribution in [0.25, 0.3) is 0 Å². The second-order valence-corrected chi connectivity index (χ2v) is 9.85. The Balaban J connectivity index is 2.12. The fraction of sp³-hybridized carbons (Fsp3) is 0.611. The fourth-order valence-electron chi connectivity index (χ4n) is 3.12. The van der Waals surface area contributed by atoms with Gasteiger partial charge in [0.2, 0.25) is 5.91 Å². The zero-order chi connectivity index (χ0) is 19.3. The third-order valence-corrected chi connectivity index (χ3v) is 7.19. The normalized spacial score (nSPS) is 18.5. The standard InChI is InChI=1S/C18H25N3O3S2/c1-4-5-7-21(15-6-8-26(23,24)12-15)17(22)11-25-18-16(10-19)13(2)9-14(3)20-18/h9,15H,4-8,11-12H2,1-3H3/t15-/m0/s1. The summed E-state index contributed by atoms with van der Waals surface area (Å²) in [6, 6.07) is 3.77. The predicted octanol–water partition coefficient (Wildman–Crippen LogP) is 2.48. The van der Waals surface area contributed by atoms with E-state index in [4.69, 9.17) is 0 Å². The van der Waals surface area contributed by atoms with Gasteiger partial charge in [-0.2, -0.15) is 5.26 Å². The molecule has 0 aliphatic carbocycles. The lowest BCUT2D eigenvalue weighted by atomic mass is 10.1. The average molecular weight is 396 g/mol. The lowest BCUT2D eigenvalue weighted by molar-refractivity contribution is -0.130. The molecule has 2 heterocycles. The Kier molecular flexibility index (Phi) is 7.07. The van der Waals surface area contributed by atoms with Crippen LogP contribution in [0.3, 0.4) is 0 Å². The molecule has 1 aliphatic heterocycles. The summed E-state index contributed by atoms with van der Waals surface area (Å²) < 4.78 is 23.6. The molecule has 1 aromatic heterocycles. The van der Waals surface area contributed by atoms with Crippen LogP contribution >= 0.6 is 11.8 Å². The van der Waals surface area contributed by atoms with Crippen LogP contribution in [0.4, 0.5) is 0 Å². The molecule has 0 bridgehead atoms. The van der Waals surface area contributed by atoms with E-state index in [-0.39, 0.29) is 29.2 Å². The monoisotopic (exact) mass is 395 g/mol. The molecule has 6 nitrogen and oxygen atoms in total. The molecular formula is C18H25N3O3S2. The minimum absolute atomic E-state index is 0.0539. The van der Waals surface area contributed by atoms with E-state index >= 15 is 0 Å². The summed E-state index contributed by atoms with van der Waals surface area (Å²) in [6.07, 6.45) is 2.29. The molecule has 1 amide bonds. The van der Waals surface area contributed by atoms with Gasteiger partial charge in [0.15, 0.2) is 9.84 Å². The topological polar surface area (TPSA) is 91.1 Å². The van der Waals surface area contributed by atoms with Crippen molar-refractivity contribution in [2.45, 2.75) is 51.1 Å². The summed E-state index contributed by atoms with van der Waals surface area (Å²) in [4.78, 5) is 18.9. The highest BCUT2D eigenvalue weighted by atomic mass is 32.2. The van der Waals surface area contributed by atoms with Gasteiger partial charge in [0.1, 0.15) is 11.1 Å². The smallest absolute Gasteiger partial charge is 0.233 e. The zero-order valence-electron chi connectivity index (χ0n) is 15.5. The minimum Gasteiger partial charge on any atom is -0.338 e. The van der Waals surface area contributed by atoms with Crippen molar-refractivity contribution in [1.29, 1.82) is 5.26 Å². The Morgan fingerprint density at radius 2 is 2.19 bits per heavy atom. The third-order valence-electron chi connectivity index (χ3n) is 4.48. The van der Waals surface area contributed by atoms with Crippen molar-refractivity contribution in [2.75, 3.05) is 23.8 Å². The van der Waals surface area contributed by atoms with Gasteiger partial charge in [-0.3, -0.25) is 4.79 Å². The van der Waals surface area contributed by atoms with E-state index in [9.17, 15) is 18.5 Å². The Labute approximate surface area is 159 Å². The zero-order valence-corrected chi connectivity index (χ0v) is 17.1. The van der Waals surface area contributed by atoms with E-state index in [0.717, 1.165) is 24.1 Å². The number of aryl methyl sites for hydroxylation is 2. The molecule has 142 valence electrons. The molecule has 0 spiro atoms. The van der Waals surface area contributed by atoms with Crippen molar-refractivity contribution in [1.82, 2.24) is 9.88 Å². The van der Waals surface area contributed by atoms with E-state index in [1.807, 2.05) is 26.8 Å². The van der Waals surface area contributed by atoms with Gasteiger partial charge in [0.25, 0.3) is 0 Å². The highest BCUT2D eigenvalue weighted by molar-refractivity contribution is 8.00. The summed E-state index contributed by atoms with van der Waals surface area (Å²) in [7, 11) is -3.04. The van der Waals surface area contributed by atoms with Crippen molar-refractivity contribution in [3.8, 4) is 6.07 Å². The minimum atomic E-state index is -3.04. The molecule has 0 N–H and O–H groups in total. The van der Waals surface area contributed by atoms with Crippen LogP contribution < -0.4 is 0 Å². The molecule has 0 radical (unpaired) electrons. The van der Waals surface area contributed by atoms with Crippen LogP contribution in [0.1, 0.15) is 43.0 Å². The number of nitriles is 1. The third kappa shape index (κ3) is 5.21. The van der Waals surface area contributed by atoms with Crippen molar-refractivity contribution in [2.24, 2.45) is 0 Å². The maximum atomic E-state index is 12.8. The number of hydrogen-bond donors (Lipinski definition) is 0. The largest absolute Gasteiger partial charge is 0.338 e. The lowest BCUT2D eigenvalue weighted by Gasteiger charge is -2.28. The molecular weight excluding hydrogens is 370 g/mol. The Morgan fingerprint density at radius 1 is 1.46 bits per heavy atom. The van der Waals surface area contributed by atoms with Crippen LogP contribution in [-0.2, 0) is 14.6 Å². The van der Waals surface area contributed by atoms with Crippen LogP contribution in [0.5, 0.6) is 0 Å². The molecule has 0 saturated carbocycles. The number of rotatable bonds is 7. The van der Waals surface area contributed by atoms with Gasteiger partial charge in [-0.25, -0.2) is 13.4 Å². The van der Waals surface area contributed by atoms with Gasteiger partial charge in [-0.1, -0.05) is 25.1 Å². The first-order chi connectivity index (χ1) is 12.3. The maximum Gasteiger partial charge on any atom is 0.233 e. The number of carbonyl (C=O) groups excluding carboxylic acids is 1. The number of carbonyl (C=O) groups is 1. The maximum absolute atomic E-state index is 12.8. The average Bonchev–Trinajstić information content (AvgIpc) is 2.92. The number of nitrogens with zero attached hydrogens (tertiary/aromatic N) is 3. The van der Waals surface area contributed by atoms with Crippen molar-refractivity contribution >= 4 is 27.5 Å². The molecule has 1 aliphatic rings. The second-order valence-electron chi connectivity index (χ2n) is 6.66. The predicted molar refractivity (Wildman–Crippen MR) is 103 cm³/mol. The number of sulfone groups is 1. The van der Waals surface area contributed by atoms with E-state index in [1.54, 1.807) is 4.90 Å². The Bertz CT molecular complexity index is 816. The quantitative estimate of drug-likeness (QED) is 0.659. The van der Waals surface area contributed by atoms with E-state index in [0.29, 0.717) is 23.6 Å². The summed E-state index contributed by atoms with van der Waals surface area (Å²) in [5.41, 5.74) is 2.15. The number of thioether (sulfide) groups is 1. The molecule has 1 aromatic rings. The molecule has 2 rings (SSSR count).